The quantitative estimate of drug-likeness (QED) is 0.609. The van der Waals surface area contributed by atoms with Crippen LogP contribution in [0.2, 0.25) is 0 Å². The van der Waals surface area contributed by atoms with Crippen LogP contribution >= 0.6 is 0 Å². The first-order chi connectivity index (χ1) is 11.7. The second-order valence-corrected chi connectivity index (χ2v) is 5.47. The minimum absolute atomic E-state index is 0.188. The highest BCUT2D eigenvalue weighted by atomic mass is 16.2. The third-order valence-electron chi connectivity index (χ3n) is 3.86. The fraction of sp³-hybridized carbons (Fsp3) is 0.0556. The average Bonchev–Trinajstić information content (AvgIpc) is 3.21. The highest BCUT2D eigenvalue weighted by Crippen LogP contribution is 2.22. The molecular weight excluding hydrogens is 302 g/mol. The van der Waals surface area contributed by atoms with Crippen LogP contribution in [0.5, 0.6) is 0 Å². The highest BCUT2D eigenvalue weighted by molar-refractivity contribution is 6.03. The molecule has 6 heteroatoms. The van der Waals surface area contributed by atoms with Gasteiger partial charge in [-0.05, 0) is 42.5 Å². The Bertz CT molecular complexity index is 980. The molecule has 118 valence electrons. The molecule has 2 aromatic carbocycles. The summed E-state index contributed by atoms with van der Waals surface area (Å²) in [7, 11) is 1.74. The number of anilines is 1. The topological polar surface area (TPSA) is 75.6 Å². The molecule has 0 saturated heterocycles. The lowest BCUT2D eigenvalue weighted by Gasteiger charge is -2.06. The van der Waals surface area contributed by atoms with Gasteiger partial charge in [-0.15, -0.1) is 0 Å². The number of nitrogens with zero attached hydrogens (tertiary/aromatic N) is 3. The summed E-state index contributed by atoms with van der Waals surface area (Å²) in [4.78, 5) is 20.0. The Hall–Kier alpha value is -3.41. The number of nitrogens with one attached hydrogen (secondary N) is 2. The van der Waals surface area contributed by atoms with Crippen LogP contribution in [0.1, 0.15) is 10.5 Å². The summed E-state index contributed by atoms with van der Waals surface area (Å²) in [6.07, 6.45) is 1.60. The number of amides is 1. The number of carbonyl (C=O) groups is 1. The fourth-order valence-corrected chi connectivity index (χ4v) is 2.59. The van der Waals surface area contributed by atoms with Crippen molar-refractivity contribution in [3.05, 3.63) is 66.5 Å². The van der Waals surface area contributed by atoms with Crippen molar-refractivity contribution < 1.29 is 4.79 Å². The number of hydrogen-bond acceptors (Lipinski definition) is 3. The van der Waals surface area contributed by atoms with Crippen molar-refractivity contribution in [2.24, 2.45) is 7.05 Å². The Kier molecular flexibility index (Phi) is 3.35. The van der Waals surface area contributed by atoms with Crippen molar-refractivity contribution in [1.82, 2.24) is 19.7 Å². The van der Waals surface area contributed by atoms with Gasteiger partial charge in [0.25, 0.3) is 5.91 Å². The molecule has 4 rings (SSSR count). The summed E-state index contributed by atoms with van der Waals surface area (Å²) >= 11 is 0. The third-order valence-corrected chi connectivity index (χ3v) is 3.86. The average molecular weight is 317 g/mol. The Morgan fingerprint density at radius 1 is 1.08 bits per heavy atom. The van der Waals surface area contributed by atoms with Crippen LogP contribution in [0.25, 0.3) is 22.4 Å². The first kappa shape index (κ1) is 14.2. The van der Waals surface area contributed by atoms with Crippen molar-refractivity contribution in [3.8, 4) is 11.4 Å². The molecular formula is C18H15N5O. The van der Waals surface area contributed by atoms with Gasteiger partial charge in [-0.25, -0.2) is 4.98 Å². The van der Waals surface area contributed by atoms with E-state index in [1.54, 1.807) is 19.3 Å². The number of rotatable bonds is 3. The lowest BCUT2D eigenvalue weighted by molar-refractivity contribution is 0.101. The van der Waals surface area contributed by atoms with Gasteiger partial charge >= 0.3 is 0 Å². The van der Waals surface area contributed by atoms with Gasteiger partial charge in [0.1, 0.15) is 11.5 Å². The zero-order valence-electron chi connectivity index (χ0n) is 13.0. The molecule has 0 aliphatic carbocycles. The second kappa shape index (κ2) is 5.66. The van der Waals surface area contributed by atoms with Crippen molar-refractivity contribution in [2.75, 3.05) is 5.32 Å². The number of imidazole rings is 1. The highest BCUT2D eigenvalue weighted by Gasteiger charge is 2.10. The lowest BCUT2D eigenvalue weighted by atomic mass is 10.2. The van der Waals surface area contributed by atoms with Crippen LogP contribution in [-0.2, 0) is 7.05 Å². The van der Waals surface area contributed by atoms with Crippen LogP contribution in [-0.4, -0.2) is 25.7 Å². The number of fused-ring (bicyclic) bond motifs is 1. The van der Waals surface area contributed by atoms with E-state index in [1.165, 1.54) is 4.68 Å². The van der Waals surface area contributed by atoms with E-state index in [0.29, 0.717) is 5.69 Å². The first-order valence-electron chi connectivity index (χ1n) is 7.55. The zero-order valence-corrected chi connectivity index (χ0v) is 13.0. The number of carbonyl (C=O) groups excluding carboxylic acids is 1. The van der Waals surface area contributed by atoms with E-state index in [2.05, 4.69) is 20.4 Å². The third kappa shape index (κ3) is 2.54. The van der Waals surface area contributed by atoms with Gasteiger partial charge in [0.05, 0.1) is 11.0 Å². The van der Waals surface area contributed by atoms with Crippen molar-refractivity contribution >= 4 is 22.6 Å². The fourth-order valence-electron chi connectivity index (χ4n) is 2.59. The molecule has 24 heavy (non-hydrogen) atoms. The summed E-state index contributed by atoms with van der Waals surface area (Å²) in [5.74, 6) is 0.618. The Labute approximate surface area is 138 Å². The van der Waals surface area contributed by atoms with Gasteiger partial charge in [0.2, 0.25) is 0 Å². The lowest BCUT2D eigenvalue weighted by Crippen LogP contribution is -2.15. The molecule has 0 atom stereocenters. The van der Waals surface area contributed by atoms with Crippen molar-refractivity contribution in [1.29, 1.82) is 0 Å². The molecule has 0 unspecified atom stereocenters. The Morgan fingerprint density at radius 3 is 2.58 bits per heavy atom. The van der Waals surface area contributed by atoms with Crippen LogP contribution < -0.4 is 5.32 Å². The molecule has 0 radical (unpaired) electrons. The number of aromatic amines is 1. The summed E-state index contributed by atoms with van der Waals surface area (Å²) in [5.41, 5.74) is 4.13. The molecule has 2 aromatic heterocycles. The minimum Gasteiger partial charge on any atom is -0.338 e. The number of hydrogen-bond donors (Lipinski definition) is 2. The largest absolute Gasteiger partial charge is 0.338 e. The van der Waals surface area contributed by atoms with E-state index >= 15 is 0 Å². The monoisotopic (exact) mass is 317 g/mol. The molecule has 0 spiro atoms. The molecule has 0 saturated carbocycles. The Morgan fingerprint density at radius 2 is 1.88 bits per heavy atom. The normalized spacial score (nSPS) is 10.9. The molecule has 0 bridgehead atoms. The van der Waals surface area contributed by atoms with Crippen LogP contribution in [0.4, 0.5) is 5.69 Å². The summed E-state index contributed by atoms with van der Waals surface area (Å²) in [6, 6.07) is 17.1. The Balaban J connectivity index is 1.56. The molecule has 1 amide bonds. The number of para-hydroxylation sites is 2. The van der Waals surface area contributed by atoms with Gasteiger partial charge < -0.3 is 10.3 Å². The van der Waals surface area contributed by atoms with Crippen molar-refractivity contribution in [2.45, 2.75) is 0 Å². The maximum atomic E-state index is 12.2. The summed E-state index contributed by atoms with van der Waals surface area (Å²) < 4.78 is 1.54. The number of H-pyrrole nitrogens is 1. The van der Waals surface area contributed by atoms with Gasteiger partial charge in [0, 0.05) is 24.5 Å². The van der Waals surface area contributed by atoms with E-state index in [-0.39, 0.29) is 5.91 Å². The number of aromatic nitrogens is 4. The standard InChI is InChI=1S/C18H15N5O/c1-23-16(10-11-19-23)18(24)20-13-8-6-12(7-9-13)17-21-14-4-2-3-5-15(14)22-17/h2-11H,1H3,(H,20,24)(H,21,22). The second-order valence-electron chi connectivity index (χ2n) is 5.47. The maximum Gasteiger partial charge on any atom is 0.273 e. The molecule has 2 N–H and O–H groups in total. The molecule has 2 heterocycles. The predicted molar refractivity (Wildman–Crippen MR) is 92.7 cm³/mol. The summed E-state index contributed by atoms with van der Waals surface area (Å²) in [6.45, 7) is 0. The zero-order chi connectivity index (χ0) is 16.5. The first-order valence-corrected chi connectivity index (χ1v) is 7.55. The van der Waals surface area contributed by atoms with Crippen molar-refractivity contribution in [3.63, 3.8) is 0 Å². The van der Waals surface area contributed by atoms with E-state index in [4.69, 9.17) is 0 Å². The van der Waals surface area contributed by atoms with Crippen LogP contribution in [0.15, 0.2) is 60.8 Å². The van der Waals surface area contributed by atoms with Gasteiger partial charge in [-0.2, -0.15) is 5.10 Å². The van der Waals surface area contributed by atoms with Gasteiger partial charge in [0.15, 0.2) is 0 Å². The van der Waals surface area contributed by atoms with Gasteiger partial charge in [-0.3, -0.25) is 9.48 Å². The summed E-state index contributed by atoms with van der Waals surface area (Å²) in [5, 5.41) is 6.86. The van der Waals surface area contributed by atoms with E-state index in [1.807, 2.05) is 48.5 Å². The molecule has 0 fully saturated rings. The van der Waals surface area contributed by atoms with E-state index in [0.717, 1.165) is 28.1 Å². The maximum absolute atomic E-state index is 12.2. The molecule has 4 aromatic rings. The number of benzene rings is 2. The number of aryl methyl sites for hydroxylation is 1. The SMILES string of the molecule is Cn1nccc1C(=O)Nc1ccc(-c2nc3ccccc3[nH]2)cc1. The smallest absolute Gasteiger partial charge is 0.273 e. The molecule has 0 aliphatic rings. The van der Waals surface area contributed by atoms with Crippen LogP contribution in [0, 0.1) is 0 Å². The predicted octanol–water partition coefficient (Wildman–Crippen LogP) is 3.22. The van der Waals surface area contributed by atoms with E-state index < -0.39 is 0 Å². The minimum atomic E-state index is -0.188. The van der Waals surface area contributed by atoms with Crippen LogP contribution in [0.3, 0.4) is 0 Å². The van der Waals surface area contributed by atoms with E-state index in [9.17, 15) is 4.79 Å². The molecule has 6 nitrogen and oxygen atoms in total. The molecule has 0 aliphatic heterocycles. The van der Waals surface area contributed by atoms with Gasteiger partial charge in [-0.1, -0.05) is 12.1 Å².